The van der Waals surface area contributed by atoms with Gasteiger partial charge in [0.1, 0.15) is 0 Å². The molecule has 0 aromatic rings. The summed E-state index contributed by atoms with van der Waals surface area (Å²) in [6.45, 7) is 7.00. The molecule has 11 heavy (non-hydrogen) atoms. The molecule has 0 fully saturated rings. The van der Waals surface area contributed by atoms with Gasteiger partial charge in [0, 0.05) is 3.92 Å². The van der Waals surface area contributed by atoms with Gasteiger partial charge >= 0.3 is 0 Å². The van der Waals surface area contributed by atoms with Crippen molar-refractivity contribution in [2.24, 2.45) is 11.8 Å². The molecule has 0 spiro atoms. The van der Waals surface area contributed by atoms with Crippen LogP contribution in [0.25, 0.3) is 0 Å². The summed E-state index contributed by atoms with van der Waals surface area (Å²) in [7, 11) is 0. The minimum atomic E-state index is 0.732. The molecule has 0 aromatic carbocycles. The van der Waals surface area contributed by atoms with Gasteiger partial charge in [-0.1, -0.05) is 48.1 Å². The van der Waals surface area contributed by atoms with Gasteiger partial charge in [-0.15, -0.1) is 0 Å². The fourth-order valence-corrected chi connectivity index (χ4v) is 2.80. The molecule has 0 radical (unpaired) electrons. The Bertz CT molecular complexity index is 158. The van der Waals surface area contributed by atoms with Crippen molar-refractivity contribution in [1.29, 1.82) is 0 Å². The highest BCUT2D eigenvalue weighted by Gasteiger charge is 2.19. The Morgan fingerprint density at radius 2 is 2.18 bits per heavy atom. The maximum Gasteiger partial charge on any atom is 0.0293 e. The molecule has 1 heteroatoms. The lowest BCUT2D eigenvalue weighted by Gasteiger charge is -2.26. The molecule has 0 aliphatic heterocycles. The number of rotatable bonds is 1. The van der Waals surface area contributed by atoms with E-state index in [0.29, 0.717) is 0 Å². The molecule has 1 aliphatic rings. The van der Waals surface area contributed by atoms with E-state index in [2.05, 4.69) is 49.4 Å². The zero-order chi connectivity index (χ0) is 8.43. The van der Waals surface area contributed by atoms with Crippen LogP contribution in [0.15, 0.2) is 11.6 Å². The average Bonchev–Trinajstić information content (AvgIpc) is 1.85. The Morgan fingerprint density at radius 3 is 2.64 bits per heavy atom. The second kappa shape index (κ2) is 3.92. The second-order valence-electron chi connectivity index (χ2n) is 3.80. The minimum absolute atomic E-state index is 0.732. The first-order valence-electron chi connectivity index (χ1n) is 4.45. The molecule has 3 atom stereocenters. The van der Waals surface area contributed by atoms with Crippen LogP contribution in [0.3, 0.4) is 0 Å². The van der Waals surface area contributed by atoms with Crippen LogP contribution in [-0.2, 0) is 0 Å². The van der Waals surface area contributed by atoms with Crippen molar-refractivity contribution in [3.05, 3.63) is 11.6 Å². The monoisotopic (exact) mass is 264 g/mol. The highest BCUT2D eigenvalue weighted by molar-refractivity contribution is 14.1. The Kier molecular flexibility index (Phi) is 3.41. The number of alkyl halides is 1. The maximum absolute atomic E-state index is 2.52. The van der Waals surface area contributed by atoms with Crippen LogP contribution < -0.4 is 0 Å². The largest absolute Gasteiger partial charge is 0.0838 e. The summed E-state index contributed by atoms with van der Waals surface area (Å²) in [6, 6.07) is 0. The lowest BCUT2D eigenvalue weighted by molar-refractivity contribution is 0.426. The molecule has 2 unspecified atom stereocenters. The molecule has 0 amide bonds. The van der Waals surface area contributed by atoms with E-state index in [1.807, 2.05) is 0 Å². The van der Waals surface area contributed by atoms with Crippen LogP contribution in [0.1, 0.15) is 33.6 Å². The SMILES string of the molecule is CC1CC=C([C@H](C)I)C(C)C1. The molecule has 1 aliphatic carbocycles. The van der Waals surface area contributed by atoms with Gasteiger partial charge in [0.25, 0.3) is 0 Å². The predicted molar refractivity (Wildman–Crippen MR) is 59.1 cm³/mol. The number of allylic oxidation sites excluding steroid dienone is 2. The van der Waals surface area contributed by atoms with Crippen molar-refractivity contribution in [2.45, 2.75) is 37.5 Å². The summed E-state index contributed by atoms with van der Waals surface area (Å²) < 4.78 is 0.732. The lowest BCUT2D eigenvalue weighted by atomic mass is 9.82. The summed E-state index contributed by atoms with van der Waals surface area (Å²) in [4.78, 5) is 0. The Hall–Kier alpha value is 0.470. The van der Waals surface area contributed by atoms with Crippen molar-refractivity contribution >= 4 is 22.6 Å². The summed E-state index contributed by atoms with van der Waals surface area (Å²) >= 11 is 2.52. The van der Waals surface area contributed by atoms with Gasteiger partial charge in [0.15, 0.2) is 0 Å². The fraction of sp³-hybridized carbons (Fsp3) is 0.800. The quantitative estimate of drug-likeness (QED) is 0.384. The average molecular weight is 264 g/mol. The fourth-order valence-electron chi connectivity index (χ4n) is 1.93. The molecular weight excluding hydrogens is 247 g/mol. The van der Waals surface area contributed by atoms with E-state index in [0.717, 1.165) is 15.8 Å². The number of hydrogen-bond donors (Lipinski definition) is 0. The molecular formula is C10H17I. The predicted octanol–water partition coefficient (Wildman–Crippen LogP) is 3.80. The van der Waals surface area contributed by atoms with Gasteiger partial charge in [-0.3, -0.25) is 0 Å². The summed E-state index contributed by atoms with van der Waals surface area (Å²) in [5, 5.41) is 0. The van der Waals surface area contributed by atoms with Gasteiger partial charge in [-0.05, 0) is 31.6 Å². The molecule has 0 heterocycles. The van der Waals surface area contributed by atoms with Crippen LogP contribution in [0.5, 0.6) is 0 Å². The normalized spacial score (nSPS) is 34.7. The van der Waals surface area contributed by atoms with Crippen molar-refractivity contribution in [3.8, 4) is 0 Å². The van der Waals surface area contributed by atoms with Crippen LogP contribution in [0.4, 0.5) is 0 Å². The van der Waals surface area contributed by atoms with E-state index in [1.165, 1.54) is 12.8 Å². The van der Waals surface area contributed by atoms with Crippen LogP contribution in [0.2, 0.25) is 0 Å². The molecule has 0 aromatic heterocycles. The third kappa shape index (κ3) is 2.46. The van der Waals surface area contributed by atoms with Gasteiger partial charge in [0.05, 0.1) is 0 Å². The van der Waals surface area contributed by atoms with E-state index >= 15 is 0 Å². The van der Waals surface area contributed by atoms with E-state index < -0.39 is 0 Å². The van der Waals surface area contributed by atoms with E-state index in [4.69, 9.17) is 0 Å². The number of halogens is 1. The molecule has 0 N–H and O–H groups in total. The second-order valence-corrected chi connectivity index (χ2v) is 5.67. The molecule has 64 valence electrons. The van der Waals surface area contributed by atoms with E-state index in [-0.39, 0.29) is 0 Å². The van der Waals surface area contributed by atoms with Gasteiger partial charge in [0.2, 0.25) is 0 Å². The van der Waals surface area contributed by atoms with Crippen LogP contribution in [0, 0.1) is 11.8 Å². The molecule has 0 nitrogen and oxygen atoms in total. The molecule has 0 bridgehead atoms. The number of hydrogen-bond acceptors (Lipinski definition) is 0. The van der Waals surface area contributed by atoms with Crippen molar-refractivity contribution < 1.29 is 0 Å². The van der Waals surface area contributed by atoms with E-state index in [9.17, 15) is 0 Å². The van der Waals surface area contributed by atoms with Crippen molar-refractivity contribution in [2.75, 3.05) is 0 Å². The first kappa shape index (κ1) is 9.56. The third-order valence-electron chi connectivity index (χ3n) is 2.54. The van der Waals surface area contributed by atoms with Gasteiger partial charge in [-0.2, -0.15) is 0 Å². The highest BCUT2D eigenvalue weighted by atomic mass is 127. The Balaban J connectivity index is 2.65. The third-order valence-corrected chi connectivity index (χ3v) is 3.26. The zero-order valence-electron chi connectivity index (χ0n) is 7.60. The molecule has 0 saturated heterocycles. The van der Waals surface area contributed by atoms with Crippen LogP contribution in [-0.4, -0.2) is 3.92 Å². The standard InChI is InChI=1S/C10H17I/c1-7-4-5-10(9(3)11)8(2)6-7/h5,7-9H,4,6H2,1-3H3/t7?,8?,9-/m0/s1. The van der Waals surface area contributed by atoms with Gasteiger partial charge in [-0.25, -0.2) is 0 Å². The summed E-state index contributed by atoms with van der Waals surface area (Å²) in [5.74, 6) is 1.73. The Labute approximate surface area is 83.6 Å². The Morgan fingerprint density at radius 1 is 1.55 bits per heavy atom. The van der Waals surface area contributed by atoms with Crippen molar-refractivity contribution in [3.63, 3.8) is 0 Å². The topological polar surface area (TPSA) is 0 Å². The maximum atomic E-state index is 2.52. The highest BCUT2D eigenvalue weighted by Crippen LogP contribution is 2.32. The smallest absolute Gasteiger partial charge is 0.0293 e. The zero-order valence-corrected chi connectivity index (χ0v) is 9.76. The molecule has 0 saturated carbocycles. The van der Waals surface area contributed by atoms with Gasteiger partial charge < -0.3 is 0 Å². The minimum Gasteiger partial charge on any atom is -0.0838 e. The summed E-state index contributed by atoms with van der Waals surface area (Å²) in [6.07, 6.45) is 5.14. The first-order valence-corrected chi connectivity index (χ1v) is 5.69. The van der Waals surface area contributed by atoms with E-state index in [1.54, 1.807) is 5.57 Å². The first-order chi connectivity index (χ1) is 5.11. The molecule has 1 rings (SSSR count). The van der Waals surface area contributed by atoms with Crippen molar-refractivity contribution in [1.82, 2.24) is 0 Å². The van der Waals surface area contributed by atoms with Crippen LogP contribution >= 0.6 is 22.6 Å². The lowest BCUT2D eigenvalue weighted by Crippen LogP contribution is -2.15. The summed E-state index contributed by atoms with van der Waals surface area (Å²) in [5.41, 5.74) is 1.67.